The lowest BCUT2D eigenvalue weighted by Gasteiger charge is -2.32. The van der Waals surface area contributed by atoms with Gasteiger partial charge in [0.25, 0.3) is 0 Å². The van der Waals surface area contributed by atoms with E-state index in [4.69, 9.17) is 14.1 Å². The number of morpholine rings is 1. The Bertz CT molecular complexity index is 773. The Kier molecular flexibility index (Phi) is 11.1. The first kappa shape index (κ1) is 25.1. The van der Waals surface area contributed by atoms with Crippen LogP contribution < -0.4 is 10.6 Å². The average Bonchev–Trinajstić information content (AvgIpc) is 3.38. The van der Waals surface area contributed by atoms with E-state index >= 15 is 0 Å². The topological polar surface area (TPSA) is 74.9 Å². The Hall–Kier alpha value is -1.17. The second-order valence-corrected chi connectivity index (χ2v) is 8.28. The van der Waals surface area contributed by atoms with Crippen molar-refractivity contribution < 1.29 is 9.15 Å². The summed E-state index contributed by atoms with van der Waals surface area (Å²) in [7, 11) is 0. The van der Waals surface area contributed by atoms with Gasteiger partial charge in [-0.3, -0.25) is 9.89 Å². The minimum Gasteiger partial charge on any atom is -0.465 e. The van der Waals surface area contributed by atoms with Crippen LogP contribution in [0.4, 0.5) is 0 Å². The van der Waals surface area contributed by atoms with E-state index in [0.29, 0.717) is 6.54 Å². The SMILES string of the molecule is CCNC(=NCC(c1ccc(C)o1)N1CCOCC1)NCCc1ncc(CC)s1.I. The zero-order valence-electron chi connectivity index (χ0n) is 18.1. The first-order chi connectivity index (χ1) is 14.2. The third-order valence-electron chi connectivity index (χ3n) is 4.92. The number of aromatic nitrogens is 1. The van der Waals surface area contributed by atoms with Crippen LogP contribution in [-0.4, -0.2) is 61.8 Å². The van der Waals surface area contributed by atoms with Crippen molar-refractivity contribution in [3.8, 4) is 0 Å². The van der Waals surface area contributed by atoms with Crippen molar-refractivity contribution in [3.63, 3.8) is 0 Å². The third-order valence-corrected chi connectivity index (χ3v) is 6.13. The number of hydrogen-bond donors (Lipinski definition) is 2. The summed E-state index contributed by atoms with van der Waals surface area (Å²) in [4.78, 5) is 13.1. The molecule has 2 aromatic rings. The Morgan fingerprint density at radius 3 is 2.70 bits per heavy atom. The number of guanidine groups is 1. The van der Waals surface area contributed by atoms with Crippen LogP contribution in [0.15, 0.2) is 27.7 Å². The van der Waals surface area contributed by atoms with E-state index in [9.17, 15) is 0 Å². The van der Waals surface area contributed by atoms with Crippen LogP contribution in [0.1, 0.15) is 41.3 Å². The highest BCUT2D eigenvalue weighted by Crippen LogP contribution is 2.24. The largest absolute Gasteiger partial charge is 0.465 e. The maximum atomic E-state index is 5.94. The molecule has 3 rings (SSSR count). The summed E-state index contributed by atoms with van der Waals surface area (Å²) in [5.74, 6) is 2.74. The molecule has 168 valence electrons. The van der Waals surface area contributed by atoms with Crippen LogP contribution in [0.5, 0.6) is 0 Å². The monoisotopic (exact) mass is 547 g/mol. The van der Waals surface area contributed by atoms with E-state index in [2.05, 4.69) is 40.4 Å². The molecule has 0 radical (unpaired) electrons. The summed E-state index contributed by atoms with van der Waals surface area (Å²) >= 11 is 1.79. The molecule has 1 aliphatic rings. The molecule has 1 unspecified atom stereocenters. The summed E-state index contributed by atoms with van der Waals surface area (Å²) in [5.41, 5.74) is 0. The van der Waals surface area contributed by atoms with Gasteiger partial charge in [0, 0.05) is 43.7 Å². The summed E-state index contributed by atoms with van der Waals surface area (Å²) in [6, 6.07) is 4.21. The summed E-state index contributed by atoms with van der Waals surface area (Å²) in [6.45, 7) is 11.8. The van der Waals surface area contributed by atoms with E-state index in [1.165, 1.54) is 9.88 Å². The van der Waals surface area contributed by atoms with Gasteiger partial charge in [-0.1, -0.05) is 6.92 Å². The molecule has 0 bridgehead atoms. The molecule has 2 N–H and O–H groups in total. The Balaban J connectivity index is 0.00000320. The fourth-order valence-corrected chi connectivity index (χ4v) is 4.20. The van der Waals surface area contributed by atoms with Crippen LogP contribution in [0.3, 0.4) is 0 Å². The van der Waals surface area contributed by atoms with Gasteiger partial charge < -0.3 is 19.8 Å². The number of hydrogen-bond acceptors (Lipinski definition) is 6. The first-order valence-corrected chi connectivity index (χ1v) is 11.3. The second kappa shape index (κ2) is 13.3. The molecule has 1 saturated heterocycles. The van der Waals surface area contributed by atoms with E-state index in [1.54, 1.807) is 11.3 Å². The highest BCUT2D eigenvalue weighted by Gasteiger charge is 2.25. The molecule has 30 heavy (non-hydrogen) atoms. The van der Waals surface area contributed by atoms with E-state index in [-0.39, 0.29) is 30.0 Å². The average molecular weight is 548 g/mol. The fraction of sp³-hybridized carbons (Fsp3) is 0.619. The smallest absolute Gasteiger partial charge is 0.191 e. The van der Waals surface area contributed by atoms with Gasteiger partial charge in [-0.05, 0) is 32.4 Å². The fourth-order valence-electron chi connectivity index (χ4n) is 3.34. The number of ether oxygens (including phenoxy) is 1. The Morgan fingerprint density at radius 2 is 2.07 bits per heavy atom. The lowest BCUT2D eigenvalue weighted by molar-refractivity contribution is 0.0135. The van der Waals surface area contributed by atoms with Crippen molar-refractivity contribution in [3.05, 3.63) is 39.7 Å². The number of rotatable bonds is 9. The minimum absolute atomic E-state index is 0. The molecule has 0 aromatic carbocycles. The van der Waals surface area contributed by atoms with Crippen molar-refractivity contribution in [1.29, 1.82) is 0 Å². The molecule has 1 fully saturated rings. The highest BCUT2D eigenvalue weighted by atomic mass is 127. The van der Waals surface area contributed by atoms with E-state index in [0.717, 1.165) is 69.7 Å². The maximum Gasteiger partial charge on any atom is 0.191 e. The molecule has 2 aromatic heterocycles. The third kappa shape index (κ3) is 7.51. The lowest BCUT2D eigenvalue weighted by atomic mass is 10.1. The Morgan fingerprint density at radius 1 is 1.27 bits per heavy atom. The molecule has 0 spiro atoms. The predicted molar refractivity (Wildman–Crippen MR) is 133 cm³/mol. The highest BCUT2D eigenvalue weighted by molar-refractivity contribution is 14.0. The van der Waals surface area contributed by atoms with Gasteiger partial charge in [0.05, 0.1) is 30.8 Å². The number of nitrogens with one attached hydrogen (secondary N) is 2. The maximum absolute atomic E-state index is 5.94. The molecule has 0 saturated carbocycles. The van der Waals surface area contributed by atoms with Gasteiger partial charge in [0.15, 0.2) is 5.96 Å². The molecule has 7 nitrogen and oxygen atoms in total. The predicted octanol–water partition coefficient (Wildman–Crippen LogP) is 3.40. The van der Waals surface area contributed by atoms with Crippen molar-refractivity contribution in [2.45, 2.75) is 39.7 Å². The quantitative estimate of drug-likeness (QED) is 0.285. The summed E-state index contributed by atoms with van der Waals surface area (Å²) in [5, 5.41) is 7.96. The van der Waals surface area contributed by atoms with Crippen molar-refractivity contribution in [2.24, 2.45) is 4.99 Å². The Labute approximate surface area is 200 Å². The number of thiazole rings is 1. The second-order valence-electron chi connectivity index (χ2n) is 7.08. The van der Waals surface area contributed by atoms with Gasteiger partial charge in [-0.15, -0.1) is 35.3 Å². The molecular formula is C21H34IN5O2S. The van der Waals surface area contributed by atoms with E-state index < -0.39 is 0 Å². The first-order valence-electron chi connectivity index (χ1n) is 10.5. The number of halogens is 1. The summed E-state index contributed by atoms with van der Waals surface area (Å²) in [6.07, 6.45) is 3.93. The van der Waals surface area contributed by atoms with Crippen molar-refractivity contribution in [2.75, 3.05) is 45.9 Å². The van der Waals surface area contributed by atoms with Gasteiger partial charge in [-0.2, -0.15) is 0 Å². The molecule has 1 aliphatic heterocycles. The number of nitrogens with zero attached hydrogens (tertiary/aromatic N) is 3. The van der Waals surface area contributed by atoms with Crippen LogP contribution >= 0.6 is 35.3 Å². The van der Waals surface area contributed by atoms with Crippen LogP contribution in [-0.2, 0) is 17.6 Å². The molecule has 1 atom stereocenters. The molecule has 0 amide bonds. The molecule has 0 aliphatic carbocycles. The van der Waals surface area contributed by atoms with Gasteiger partial charge >= 0.3 is 0 Å². The van der Waals surface area contributed by atoms with Crippen molar-refractivity contribution in [1.82, 2.24) is 20.5 Å². The minimum atomic E-state index is 0. The van der Waals surface area contributed by atoms with Gasteiger partial charge in [0.1, 0.15) is 11.5 Å². The number of aryl methyl sites for hydroxylation is 2. The molecule has 3 heterocycles. The van der Waals surface area contributed by atoms with Crippen LogP contribution in [0.25, 0.3) is 0 Å². The molecular weight excluding hydrogens is 513 g/mol. The summed E-state index contributed by atoms with van der Waals surface area (Å²) < 4.78 is 11.5. The van der Waals surface area contributed by atoms with E-state index in [1.807, 2.05) is 19.2 Å². The van der Waals surface area contributed by atoms with Gasteiger partial charge in [-0.25, -0.2) is 4.98 Å². The van der Waals surface area contributed by atoms with Crippen molar-refractivity contribution >= 4 is 41.3 Å². The normalized spacial score (nSPS) is 16.2. The lowest BCUT2D eigenvalue weighted by Crippen LogP contribution is -2.42. The number of aliphatic imine (C=N–C) groups is 1. The van der Waals surface area contributed by atoms with Gasteiger partial charge in [0.2, 0.25) is 0 Å². The number of furan rings is 1. The zero-order valence-corrected chi connectivity index (χ0v) is 21.3. The standard InChI is InChI=1S/C21H33N5O2S.HI/c1-4-17-14-24-20(29-17)8-9-23-21(22-5-2)25-15-18(19-7-6-16(3)28-19)26-10-12-27-13-11-26;/h6-7,14,18H,4-5,8-13,15H2,1-3H3,(H2,22,23,25);1H. The molecule has 9 heteroatoms. The van der Waals surface area contributed by atoms with Crippen LogP contribution in [0, 0.1) is 6.92 Å². The van der Waals surface area contributed by atoms with Crippen LogP contribution in [0.2, 0.25) is 0 Å². The zero-order chi connectivity index (χ0) is 20.5.